The Balaban J connectivity index is 1.79. The molecular formula is C11H16N4S. The Morgan fingerprint density at radius 1 is 1.25 bits per heavy atom. The molecule has 0 aromatic carbocycles. The maximum absolute atomic E-state index is 8.64. The molecule has 1 aliphatic rings. The number of aromatic nitrogens is 2. The van der Waals surface area contributed by atoms with Crippen LogP contribution >= 0.6 is 11.3 Å². The van der Waals surface area contributed by atoms with Gasteiger partial charge in [-0.15, -0.1) is 10.2 Å². The third-order valence-corrected chi connectivity index (χ3v) is 4.07. The van der Waals surface area contributed by atoms with Crippen LogP contribution in [0.25, 0.3) is 0 Å². The normalized spacial score (nSPS) is 25.2. The van der Waals surface area contributed by atoms with Crippen molar-refractivity contribution in [2.75, 3.05) is 5.73 Å². The van der Waals surface area contributed by atoms with Crippen LogP contribution in [0.5, 0.6) is 0 Å². The Hall–Kier alpha value is -1.15. The lowest BCUT2D eigenvalue weighted by molar-refractivity contribution is 0.276. The fraction of sp³-hybridized carbons (Fsp3) is 0.727. The van der Waals surface area contributed by atoms with Gasteiger partial charge in [-0.1, -0.05) is 11.3 Å². The summed E-state index contributed by atoms with van der Waals surface area (Å²) >= 11 is 1.50. The molecule has 1 aliphatic carbocycles. The van der Waals surface area contributed by atoms with Crippen LogP contribution in [0.3, 0.4) is 0 Å². The highest BCUT2D eigenvalue weighted by atomic mass is 32.1. The summed E-state index contributed by atoms with van der Waals surface area (Å²) in [6.07, 6.45) is 6.53. The van der Waals surface area contributed by atoms with Crippen LogP contribution < -0.4 is 5.73 Å². The van der Waals surface area contributed by atoms with Crippen molar-refractivity contribution in [1.29, 1.82) is 5.26 Å². The van der Waals surface area contributed by atoms with Gasteiger partial charge in [0.15, 0.2) is 0 Å². The molecule has 0 unspecified atom stereocenters. The highest BCUT2D eigenvalue weighted by Crippen LogP contribution is 2.33. The summed E-state index contributed by atoms with van der Waals surface area (Å²) in [5, 5.41) is 18.1. The fourth-order valence-corrected chi connectivity index (χ4v) is 3.09. The largest absolute Gasteiger partial charge is 0.374 e. The van der Waals surface area contributed by atoms with Crippen LogP contribution in [0.4, 0.5) is 5.13 Å². The van der Waals surface area contributed by atoms with E-state index in [4.69, 9.17) is 11.0 Å². The Labute approximate surface area is 99.5 Å². The molecule has 0 radical (unpaired) electrons. The summed E-state index contributed by atoms with van der Waals surface area (Å²) in [6, 6.07) is 2.27. The molecule has 1 aromatic rings. The van der Waals surface area contributed by atoms with Gasteiger partial charge >= 0.3 is 0 Å². The number of nitrogen functional groups attached to an aromatic ring is 1. The number of nitrogens with zero attached hydrogens (tertiary/aromatic N) is 3. The summed E-state index contributed by atoms with van der Waals surface area (Å²) in [6.45, 7) is 0. The zero-order valence-corrected chi connectivity index (χ0v) is 10.0. The molecule has 86 valence electrons. The van der Waals surface area contributed by atoms with Crippen molar-refractivity contribution >= 4 is 16.5 Å². The third-order valence-electron chi connectivity index (χ3n) is 3.29. The molecule has 0 amide bonds. The van der Waals surface area contributed by atoms with Crippen molar-refractivity contribution < 1.29 is 0 Å². The quantitative estimate of drug-likeness (QED) is 0.874. The average molecular weight is 236 g/mol. The fourth-order valence-electron chi connectivity index (χ4n) is 2.36. The van der Waals surface area contributed by atoms with E-state index in [1.165, 1.54) is 37.0 Å². The first-order valence-corrected chi connectivity index (χ1v) is 6.54. The first kappa shape index (κ1) is 11.3. The molecular weight excluding hydrogens is 220 g/mol. The standard InChI is InChI=1S/C11H16N4S/c12-6-5-8-1-3-9(4-2-8)7-10-14-15-11(13)16-10/h8-9H,1-5,7H2,(H2,13,15). The predicted octanol–water partition coefficient (Wildman–Crippen LogP) is 2.38. The molecule has 1 saturated carbocycles. The molecule has 0 bridgehead atoms. The van der Waals surface area contributed by atoms with Gasteiger partial charge in [0.1, 0.15) is 5.01 Å². The Morgan fingerprint density at radius 3 is 2.50 bits per heavy atom. The van der Waals surface area contributed by atoms with Gasteiger partial charge in [0.2, 0.25) is 5.13 Å². The van der Waals surface area contributed by atoms with E-state index in [-0.39, 0.29) is 0 Å². The summed E-state index contributed by atoms with van der Waals surface area (Å²) in [7, 11) is 0. The van der Waals surface area contributed by atoms with Gasteiger partial charge in [-0.3, -0.25) is 0 Å². The number of rotatable bonds is 3. The molecule has 2 rings (SSSR count). The topological polar surface area (TPSA) is 75.6 Å². The second kappa shape index (κ2) is 5.26. The minimum absolute atomic E-state index is 0.563. The summed E-state index contributed by atoms with van der Waals surface area (Å²) in [4.78, 5) is 0. The second-order valence-electron chi connectivity index (χ2n) is 4.49. The lowest BCUT2D eigenvalue weighted by Gasteiger charge is -2.26. The van der Waals surface area contributed by atoms with Crippen LogP contribution in [-0.4, -0.2) is 10.2 Å². The monoisotopic (exact) mass is 236 g/mol. The zero-order valence-electron chi connectivity index (χ0n) is 9.22. The maximum atomic E-state index is 8.64. The average Bonchev–Trinajstić information content (AvgIpc) is 2.67. The summed E-state index contributed by atoms with van der Waals surface area (Å²) in [5.74, 6) is 1.34. The molecule has 1 aromatic heterocycles. The van der Waals surface area contributed by atoms with Crippen molar-refractivity contribution in [3.8, 4) is 6.07 Å². The van der Waals surface area contributed by atoms with E-state index < -0.39 is 0 Å². The van der Waals surface area contributed by atoms with Crippen molar-refractivity contribution in [2.45, 2.75) is 38.5 Å². The van der Waals surface area contributed by atoms with Crippen LogP contribution in [0.15, 0.2) is 0 Å². The van der Waals surface area contributed by atoms with Gasteiger partial charge in [-0.2, -0.15) is 5.26 Å². The smallest absolute Gasteiger partial charge is 0.203 e. The van der Waals surface area contributed by atoms with Gasteiger partial charge in [0, 0.05) is 12.8 Å². The zero-order chi connectivity index (χ0) is 11.4. The lowest BCUT2D eigenvalue weighted by atomic mass is 9.79. The first-order chi connectivity index (χ1) is 7.78. The van der Waals surface area contributed by atoms with Gasteiger partial charge in [-0.25, -0.2) is 0 Å². The first-order valence-electron chi connectivity index (χ1n) is 5.72. The highest BCUT2D eigenvalue weighted by molar-refractivity contribution is 7.15. The molecule has 1 heterocycles. The number of hydrogen-bond donors (Lipinski definition) is 1. The van der Waals surface area contributed by atoms with Gasteiger partial charge in [0.25, 0.3) is 0 Å². The summed E-state index contributed by atoms with van der Waals surface area (Å²) in [5.41, 5.74) is 5.55. The van der Waals surface area contributed by atoms with Crippen LogP contribution in [0.2, 0.25) is 0 Å². The van der Waals surface area contributed by atoms with E-state index >= 15 is 0 Å². The molecule has 0 aliphatic heterocycles. The van der Waals surface area contributed by atoms with E-state index in [0.717, 1.165) is 17.8 Å². The molecule has 0 spiro atoms. The van der Waals surface area contributed by atoms with Crippen LogP contribution in [0, 0.1) is 23.2 Å². The number of nitrogens with two attached hydrogens (primary N) is 1. The Bertz CT molecular complexity index is 374. The van der Waals surface area contributed by atoms with Crippen LogP contribution in [0.1, 0.15) is 37.1 Å². The molecule has 0 saturated heterocycles. The van der Waals surface area contributed by atoms with E-state index in [0.29, 0.717) is 17.0 Å². The predicted molar refractivity (Wildman–Crippen MR) is 63.7 cm³/mol. The van der Waals surface area contributed by atoms with E-state index in [1.807, 2.05) is 0 Å². The third kappa shape index (κ3) is 2.92. The van der Waals surface area contributed by atoms with Crippen molar-refractivity contribution in [3.63, 3.8) is 0 Å². The van der Waals surface area contributed by atoms with Crippen molar-refractivity contribution in [1.82, 2.24) is 10.2 Å². The van der Waals surface area contributed by atoms with Crippen molar-refractivity contribution in [3.05, 3.63) is 5.01 Å². The van der Waals surface area contributed by atoms with Crippen LogP contribution in [-0.2, 0) is 6.42 Å². The maximum Gasteiger partial charge on any atom is 0.203 e. The lowest BCUT2D eigenvalue weighted by Crippen LogP contribution is -2.16. The summed E-state index contributed by atoms with van der Waals surface area (Å²) < 4.78 is 0. The van der Waals surface area contributed by atoms with Gasteiger partial charge < -0.3 is 5.73 Å². The molecule has 0 atom stereocenters. The Morgan fingerprint density at radius 2 is 1.94 bits per heavy atom. The minimum atomic E-state index is 0.563. The minimum Gasteiger partial charge on any atom is -0.374 e. The van der Waals surface area contributed by atoms with E-state index in [2.05, 4.69) is 16.3 Å². The number of anilines is 1. The molecule has 5 heteroatoms. The van der Waals surface area contributed by atoms with E-state index in [1.54, 1.807) is 0 Å². The van der Waals surface area contributed by atoms with Gasteiger partial charge in [0.05, 0.1) is 6.07 Å². The van der Waals surface area contributed by atoms with Crippen molar-refractivity contribution in [2.24, 2.45) is 11.8 Å². The molecule has 1 fully saturated rings. The molecule has 2 N–H and O–H groups in total. The molecule has 4 nitrogen and oxygen atoms in total. The molecule has 16 heavy (non-hydrogen) atoms. The highest BCUT2D eigenvalue weighted by Gasteiger charge is 2.22. The van der Waals surface area contributed by atoms with E-state index in [9.17, 15) is 0 Å². The second-order valence-corrected chi connectivity index (χ2v) is 5.58. The SMILES string of the molecule is N#CCC1CCC(Cc2nnc(N)s2)CC1. The van der Waals surface area contributed by atoms with Gasteiger partial charge in [-0.05, 0) is 37.5 Å². The number of hydrogen-bond acceptors (Lipinski definition) is 5. The number of nitriles is 1. The Kier molecular flexibility index (Phi) is 3.73.